The van der Waals surface area contributed by atoms with Gasteiger partial charge in [-0.25, -0.2) is 0 Å². The second-order valence-corrected chi connectivity index (χ2v) is 6.76. The molecule has 0 aliphatic rings. The summed E-state index contributed by atoms with van der Waals surface area (Å²) < 4.78 is 6.79. The molecule has 0 unspecified atom stereocenters. The van der Waals surface area contributed by atoms with Crippen LogP contribution in [0.15, 0.2) is 77.3 Å². The maximum Gasteiger partial charge on any atom is 0.228 e. The van der Waals surface area contributed by atoms with E-state index in [0.29, 0.717) is 22.2 Å². The fourth-order valence-corrected chi connectivity index (χ4v) is 2.95. The molecule has 0 fully saturated rings. The molecule has 0 aliphatic heterocycles. The summed E-state index contributed by atoms with van der Waals surface area (Å²) in [6, 6.07) is 22.2. The van der Waals surface area contributed by atoms with Gasteiger partial charge >= 0.3 is 0 Å². The number of benzene rings is 3. The largest absolute Gasteiger partial charge is 0.455 e. The van der Waals surface area contributed by atoms with Crippen molar-refractivity contribution in [1.29, 1.82) is 0 Å². The highest BCUT2D eigenvalue weighted by Gasteiger charge is 2.11. The average molecular weight is 417 g/mol. The van der Waals surface area contributed by atoms with Gasteiger partial charge in [0, 0.05) is 9.50 Å². The van der Waals surface area contributed by atoms with E-state index in [9.17, 15) is 4.79 Å². The number of carbonyl (C=O) groups excluding carboxylic acids is 1. The minimum atomic E-state index is -0.140. The van der Waals surface area contributed by atoms with E-state index in [2.05, 4.69) is 21.2 Å². The number of rotatable bonds is 5. The first-order valence-corrected chi connectivity index (χ1v) is 8.84. The lowest BCUT2D eigenvalue weighted by Crippen LogP contribution is -2.15. The smallest absolute Gasteiger partial charge is 0.228 e. The predicted molar refractivity (Wildman–Crippen MR) is 104 cm³/mol. The molecule has 0 heterocycles. The third-order valence-corrected chi connectivity index (χ3v) is 4.17. The Bertz CT molecular complexity index is 884. The Labute approximate surface area is 159 Å². The van der Waals surface area contributed by atoms with Crippen molar-refractivity contribution in [3.8, 4) is 11.5 Å². The summed E-state index contributed by atoms with van der Waals surface area (Å²) in [6.45, 7) is 0. The van der Waals surface area contributed by atoms with E-state index in [-0.39, 0.29) is 12.3 Å². The van der Waals surface area contributed by atoms with Crippen molar-refractivity contribution in [3.63, 3.8) is 0 Å². The Balaban J connectivity index is 1.76. The van der Waals surface area contributed by atoms with Crippen LogP contribution in [-0.4, -0.2) is 5.91 Å². The van der Waals surface area contributed by atoms with Crippen molar-refractivity contribution in [2.24, 2.45) is 0 Å². The van der Waals surface area contributed by atoms with E-state index in [1.54, 1.807) is 18.2 Å². The molecule has 3 rings (SSSR count). The molecule has 0 aromatic heterocycles. The second kappa shape index (κ2) is 8.19. The van der Waals surface area contributed by atoms with Crippen molar-refractivity contribution < 1.29 is 9.53 Å². The van der Waals surface area contributed by atoms with Crippen LogP contribution >= 0.6 is 27.5 Å². The Morgan fingerprint density at radius 2 is 1.80 bits per heavy atom. The normalized spacial score (nSPS) is 10.3. The number of halogens is 2. The number of hydrogen-bond donors (Lipinski definition) is 1. The molecule has 126 valence electrons. The molecule has 0 atom stereocenters. The van der Waals surface area contributed by atoms with Crippen molar-refractivity contribution >= 4 is 39.1 Å². The third-order valence-electron chi connectivity index (χ3n) is 3.44. The Morgan fingerprint density at radius 1 is 1.00 bits per heavy atom. The van der Waals surface area contributed by atoms with Gasteiger partial charge in [-0.1, -0.05) is 57.9 Å². The first-order valence-electron chi connectivity index (χ1n) is 7.67. The van der Waals surface area contributed by atoms with Crippen LogP contribution in [0.25, 0.3) is 0 Å². The van der Waals surface area contributed by atoms with Crippen LogP contribution in [0.5, 0.6) is 11.5 Å². The molecule has 3 nitrogen and oxygen atoms in total. The number of ether oxygens (including phenoxy) is 1. The van der Waals surface area contributed by atoms with E-state index in [1.165, 1.54) is 0 Å². The number of amides is 1. The molecule has 0 bridgehead atoms. The summed E-state index contributed by atoms with van der Waals surface area (Å²) in [7, 11) is 0. The van der Waals surface area contributed by atoms with E-state index in [4.69, 9.17) is 16.3 Å². The maximum absolute atomic E-state index is 12.4. The van der Waals surface area contributed by atoms with E-state index in [0.717, 1.165) is 10.0 Å². The van der Waals surface area contributed by atoms with Crippen molar-refractivity contribution in [2.75, 3.05) is 5.32 Å². The second-order valence-electron chi connectivity index (χ2n) is 5.41. The summed E-state index contributed by atoms with van der Waals surface area (Å²) in [5.74, 6) is 1.09. The molecule has 3 aromatic rings. The lowest BCUT2D eigenvalue weighted by Gasteiger charge is -2.13. The van der Waals surface area contributed by atoms with Crippen LogP contribution < -0.4 is 10.1 Å². The van der Waals surface area contributed by atoms with Gasteiger partial charge in [-0.05, 0) is 48.0 Å². The molecule has 0 saturated heterocycles. The summed E-state index contributed by atoms with van der Waals surface area (Å²) in [4.78, 5) is 12.4. The summed E-state index contributed by atoms with van der Waals surface area (Å²) in [5, 5.41) is 3.40. The number of para-hydroxylation sites is 1. The lowest BCUT2D eigenvalue weighted by molar-refractivity contribution is -0.115. The van der Waals surface area contributed by atoms with Gasteiger partial charge in [-0.3, -0.25) is 4.79 Å². The fourth-order valence-electron chi connectivity index (χ4n) is 2.33. The van der Waals surface area contributed by atoms with Crippen molar-refractivity contribution in [1.82, 2.24) is 0 Å². The maximum atomic E-state index is 12.4. The molecule has 1 amide bonds. The van der Waals surface area contributed by atoms with Crippen LogP contribution in [0.1, 0.15) is 5.56 Å². The molecule has 0 spiro atoms. The zero-order valence-electron chi connectivity index (χ0n) is 13.2. The van der Waals surface area contributed by atoms with Crippen molar-refractivity contribution in [2.45, 2.75) is 6.42 Å². The summed E-state index contributed by atoms with van der Waals surface area (Å²) in [5.41, 5.74) is 1.45. The van der Waals surface area contributed by atoms with E-state index >= 15 is 0 Å². The summed E-state index contributed by atoms with van der Waals surface area (Å²) in [6.07, 6.45) is 0.261. The highest BCUT2D eigenvalue weighted by molar-refractivity contribution is 9.10. The van der Waals surface area contributed by atoms with Crippen LogP contribution in [-0.2, 0) is 11.2 Å². The van der Waals surface area contributed by atoms with Gasteiger partial charge in [0.25, 0.3) is 0 Å². The first kappa shape index (κ1) is 17.5. The molecule has 5 heteroatoms. The zero-order chi connectivity index (χ0) is 17.6. The molecule has 0 saturated carbocycles. The van der Waals surface area contributed by atoms with Crippen molar-refractivity contribution in [3.05, 3.63) is 87.9 Å². The molecular formula is C20H15BrClNO2. The number of nitrogens with one attached hydrogen (secondary N) is 1. The molecule has 25 heavy (non-hydrogen) atoms. The Hall–Kier alpha value is -2.30. The standard InChI is InChI=1S/C20H15BrClNO2/c21-15-6-4-5-14(11-15)12-20(24)23-18-13-16(22)9-10-19(18)25-17-7-2-1-3-8-17/h1-11,13H,12H2,(H,23,24). The van der Waals surface area contributed by atoms with Gasteiger partial charge in [-0.15, -0.1) is 0 Å². The fraction of sp³-hybridized carbons (Fsp3) is 0.0500. The van der Waals surface area contributed by atoms with E-state index < -0.39 is 0 Å². The van der Waals surface area contributed by atoms with Gasteiger partial charge in [0.2, 0.25) is 5.91 Å². The average Bonchev–Trinajstić information content (AvgIpc) is 2.58. The van der Waals surface area contributed by atoms with Gasteiger partial charge in [0.1, 0.15) is 5.75 Å². The monoisotopic (exact) mass is 415 g/mol. The molecule has 3 aromatic carbocycles. The SMILES string of the molecule is O=C(Cc1cccc(Br)c1)Nc1cc(Cl)ccc1Oc1ccccc1. The lowest BCUT2D eigenvalue weighted by atomic mass is 10.1. The van der Waals surface area contributed by atoms with E-state index in [1.807, 2.05) is 54.6 Å². The summed E-state index contributed by atoms with van der Waals surface area (Å²) >= 11 is 9.48. The van der Waals surface area contributed by atoms with Gasteiger partial charge in [0.05, 0.1) is 12.1 Å². The Kier molecular flexibility index (Phi) is 5.74. The number of hydrogen-bond acceptors (Lipinski definition) is 2. The first-order chi connectivity index (χ1) is 12.1. The minimum Gasteiger partial charge on any atom is -0.455 e. The number of anilines is 1. The van der Waals surface area contributed by atoms with Gasteiger partial charge in [-0.2, -0.15) is 0 Å². The molecular weight excluding hydrogens is 402 g/mol. The van der Waals surface area contributed by atoms with Gasteiger partial charge < -0.3 is 10.1 Å². The van der Waals surface area contributed by atoms with Crippen LogP contribution in [0.3, 0.4) is 0 Å². The highest BCUT2D eigenvalue weighted by atomic mass is 79.9. The minimum absolute atomic E-state index is 0.140. The highest BCUT2D eigenvalue weighted by Crippen LogP contribution is 2.32. The van der Waals surface area contributed by atoms with Crippen LogP contribution in [0, 0.1) is 0 Å². The predicted octanol–water partition coefficient (Wildman–Crippen LogP) is 6.08. The van der Waals surface area contributed by atoms with Crippen LogP contribution in [0.4, 0.5) is 5.69 Å². The topological polar surface area (TPSA) is 38.3 Å². The van der Waals surface area contributed by atoms with Crippen LogP contribution in [0.2, 0.25) is 5.02 Å². The zero-order valence-corrected chi connectivity index (χ0v) is 15.5. The Morgan fingerprint density at radius 3 is 2.56 bits per heavy atom. The molecule has 1 N–H and O–H groups in total. The molecule has 0 radical (unpaired) electrons. The molecule has 0 aliphatic carbocycles. The number of carbonyl (C=O) groups is 1. The van der Waals surface area contributed by atoms with Gasteiger partial charge in [0.15, 0.2) is 5.75 Å². The third kappa shape index (κ3) is 5.08. The quantitative estimate of drug-likeness (QED) is 0.547.